The van der Waals surface area contributed by atoms with Crippen LogP contribution in [0.1, 0.15) is 40.0 Å². The Morgan fingerprint density at radius 2 is 1.86 bits per heavy atom. The van der Waals surface area contributed by atoms with Crippen molar-refractivity contribution in [2.45, 2.75) is 46.1 Å². The number of rotatable bonds is 6. The minimum atomic E-state index is -0.933. The molecule has 0 fully saturated rings. The van der Waals surface area contributed by atoms with Crippen LogP contribution in [-0.4, -0.2) is 23.0 Å². The van der Waals surface area contributed by atoms with E-state index in [2.05, 4.69) is 5.32 Å². The molecule has 1 unspecified atom stereocenters. The maximum Gasteiger partial charge on any atom is 0.303 e. The summed E-state index contributed by atoms with van der Waals surface area (Å²) in [5.74, 6) is -0.723. The third-order valence-electron chi connectivity index (χ3n) is 2.16. The van der Waals surface area contributed by atoms with E-state index in [1.165, 1.54) is 0 Å². The van der Waals surface area contributed by atoms with Crippen molar-refractivity contribution >= 4 is 11.9 Å². The number of hydrogen-bond donors (Lipinski definition) is 2. The number of carboxylic acid groups (broad SMARTS) is 1. The van der Waals surface area contributed by atoms with Crippen LogP contribution in [0.3, 0.4) is 0 Å². The molecular formula is C10H19NO3. The van der Waals surface area contributed by atoms with Gasteiger partial charge in [0.15, 0.2) is 0 Å². The largest absolute Gasteiger partial charge is 0.481 e. The van der Waals surface area contributed by atoms with Crippen molar-refractivity contribution in [3.8, 4) is 0 Å². The molecule has 4 nitrogen and oxygen atoms in total. The Bertz CT molecular complexity index is 202. The molecule has 4 heteroatoms. The van der Waals surface area contributed by atoms with E-state index in [9.17, 15) is 9.59 Å². The Balaban J connectivity index is 3.85. The summed E-state index contributed by atoms with van der Waals surface area (Å²) in [6.07, 6.45) is 0.843. The van der Waals surface area contributed by atoms with Crippen LogP contribution < -0.4 is 5.32 Å². The Kier molecular flexibility index (Phi) is 5.92. The Labute approximate surface area is 84.7 Å². The second kappa shape index (κ2) is 6.40. The number of carbonyl (C=O) groups excluding carboxylic acids is 1. The number of nitrogens with one attached hydrogen (secondary N) is 1. The van der Waals surface area contributed by atoms with Gasteiger partial charge in [-0.3, -0.25) is 9.59 Å². The van der Waals surface area contributed by atoms with Crippen LogP contribution in [0.2, 0.25) is 0 Å². The van der Waals surface area contributed by atoms with E-state index in [1.54, 1.807) is 0 Å². The Hall–Kier alpha value is -1.06. The first-order chi connectivity index (χ1) is 6.47. The van der Waals surface area contributed by atoms with Gasteiger partial charge in [0, 0.05) is 12.5 Å². The van der Waals surface area contributed by atoms with Crippen molar-refractivity contribution in [2.75, 3.05) is 0 Å². The number of carbonyl (C=O) groups is 2. The molecule has 0 radical (unpaired) electrons. The van der Waals surface area contributed by atoms with Gasteiger partial charge in [-0.25, -0.2) is 0 Å². The van der Waals surface area contributed by atoms with E-state index in [0.29, 0.717) is 5.92 Å². The van der Waals surface area contributed by atoms with Gasteiger partial charge in [0.25, 0.3) is 0 Å². The molecule has 2 N–H and O–H groups in total. The number of hydrogen-bond acceptors (Lipinski definition) is 2. The molecular weight excluding hydrogens is 182 g/mol. The van der Waals surface area contributed by atoms with Gasteiger partial charge < -0.3 is 10.4 Å². The molecule has 0 bridgehead atoms. The maximum atomic E-state index is 11.2. The zero-order valence-electron chi connectivity index (χ0n) is 9.04. The van der Waals surface area contributed by atoms with Crippen molar-refractivity contribution < 1.29 is 14.7 Å². The molecule has 0 heterocycles. The first kappa shape index (κ1) is 12.9. The van der Waals surface area contributed by atoms with Gasteiger partial charge >= 0.3 is 5.97 Å². The minimum Gasteiger partial charge on any atom is -0.481 e. The highest BCUT2D eigenvalue weighted by atomic mass is 16.4. The van der Waals surface area contributed by atoms with E-state index in [4.69, 9.17) is 5.11 Å². The minimum absolute atomic E-state index is 0.0680. The summed E-state index contributed by atoms with van der Waals surface area (Å²) in [6.45, 7) is 6.07. The third-order valence-corrected chi connectivity index (χ3v) is 2.16. The van der Waals surface area contributed by atoms with Crippen molar-refractivity contribution in [1.82, 2.24) is 5.32 Å². The molecule has 1 atom stereocenters. The van der Waals surface area contributed by atoms with E-state index < -0.39 is 5.97 Å². The molecule has 0 spiro atoms. The molecule has 0 aliphatic carbocycles. The zero-order chi connectivity index (χ0) is 11.1. The van der Waals surface area contributed by atoms with E-state index in [0.717, 1.165) is 6.42 Å². The highest BCUT2D eigenvalue weighted by molar-refractivity contribution is 5.80. The average Bonchev–Trinajstić information content (AvgIpc) is 2.10. The fourth-order valence-electron chi connectivity index (χ4n) is 1.24. The van der Waals surface area contributed by atoms with Crippen molar-refractivity contribution in [3.05, 3.63) is 0 Å². The van der Waals surface area contributed by atoms with E-state index in [1.807, 2.05) is 20.8 Å². The van der Waals surface area contributed by atoms with Crippen LogP contribution in [0.4, 0.5) is 0 Å². The third kappa shape index (κ3) is 5.56. The SMILES string of the molecule is CCC(NC(=O)CCC(=O)O)C(C)C. The lowest BCUT2D eigenvalue weighted by Gasteiger charge is -2.20. The summed E-state index contributed by atoms with van der Waals surface area (Å²) in [7, 11) is 0. The molecule has 0 saturated carbocycles. The van der Waals surface area contributed by atoms with Gasteiger partial charge in [0.2, 0.25) is 5.91 Å². The van der Waals surface area contributed by atoms with E-state index in [-0.39, 0.29) is 24.8 Å². The van der Waals surface area contributed by atoms with Crippen molar-refractivity contribution in [1.29, 1.82) is 0 Å². The van der Waals surface area contributed by atoms with Gasteiger partial charge in [-0.05, 0) is 12.3 Å². The molecule has 0 saturated heterocycles. The standard InChI is InChI=1S/C10H19NO3/c1-4-8(7(2)3)11-9(12)5-6-10(13)14/h7-8H,4-6H2,1-3H3,(H,11,12)(H,13,14). The molecule has 82 valence electrons. The number of aliphatic carboxylic acids is 1. The summed E-state index contributed by atoms with van der Waals surface area (Å²) >= 11 is 0. The summed E-state index contributed by atoms with van der Waals surface area (Å²) in [5.41, 5.74) is 0. The van der Waals surface area contributed by atoms with Crippen LogP contribution in [0.5, 0.6) is 0 Å². The van der Waals surface area contributed by atoms with Crippen LogP contribution >= 0.6 is 0 Å². The Morgan fingerprint density at radius 3 is 2.21 bits per heavy atom. The number of carboxylic acids is 1. The van der Waals surface area contributed by atoms with Crippen molar-refractivity contribution in [2.24, 2.45) is 5.92 Å². The molecule has 0 aliphatic rings. The molecule has 0 aromatic heterocycles. The molecule has 14 heavy (non-hydrogen) atoms. The second-order valence-corrected chi connectivity index (χ2v) is 3.72. The fraction of sp³-hybridized carbons (Fsp3) is 0.800. The lowest BCUT2D eigenvalue weighted by Crippen LogP contribution is -2.38. The maximum absolute atomic E-state index is 11.2. The summed E-state index contributed by atoms with van der Waals surface area (Å²) in [4.78, 5) is 21.5. The predicted octanol–water partition coefficient (Wildman–Crippen LogP) is 1.40. The quantitative estimate of drug-likeness (QED) is 0.682. The summed E-state index contributed by atoms with van der Waals surface area (Å²) in [6, 6.07) is 0.149. The lowest BCUT2D eigenvalue weighted by atomic mass is 10.0. The molecule has 0 rings (SSSR count). The highest BCUT2D eigenvalue weighted by Crippen LogP contribution is 2.05. The summed E-state index contributed by atoms with van der Waals surface area (Å²) in [5, 5.41) is 11.2. The van der Waals surface area contributed by atoms with Gasteiger partial charge in [0.05, 0.1) is 6.42 Å². The molecule has 0 aromatic rings. The average molecular weight is 201 g/mol. The first-order valence-electron chi connectivity index (χ1n) is 4.98. The molecule has 0 aliphatic heterocycles. The predicted molar refractivity (Wildman–Crippen MR) is 53.9 cm³/mol. The lowest BCUT2D eigenvalue weighted by molar-refractivity contribution is -0.139. The smallest absolute Gasteiger partial charge is 0.303 e. The van der Waals surface area contributed by atoms with Crippen LogP contribution in [-0.2, 0) is 9.59 Å². The first-order valence-corrected chi connectivity index (χ1v) is 4.98. The Morgan fingerprint density at radius 1 is 1.29 bits per heavy atom. The zero-order valence-corrected chi connectivity index (χ0v) is 9.04. The number of amides is 1. The highest BCUT2D eigenvalue weighted by Gasteiger charge is 2.14. The fourth-order valence-corrected chi connectivity index (χ4v) is 1.24. The van der Waals surface area contributed by atoms with Gasteiger partial charge in [0.1, 0.15) is 0 Å². The van der Waals surface area contributed by atoms with Gasteiger partial charge in [-0.15, -0.1) is 0 Å². The van der Waals surface area contributed by atoms with Crippen LogP contribution in [0.15, 0.2) is 0 Å². The van der Waals surface area contributed by atoms with Gasteiger partial charge in [-0.1, -0.05) is 20.8 Å². The molecule has 1 amide bonds. The van der Waals surface area contributed by atoms with E-state index >= 15 is 0 Å². The van der Waals surface area contributed by atoms with Crippen LogP contribution in [0.25, 0.3) is 0 Å². The monoisotopic (exact) mass is 201 g/mol. The summed E-state index contributed by atoms with van der Waals surface area (Å²) < 4.78 is 0. The normalized spacial score (nSPS) is 12.6. The molecule has 0 aromatic carbocycles. The topological polar surface area (TPSA) is 66.4 Å². The van der Waals surface area contributed by atoms with Crippen LogP contribution in [0, 0.1) is 5.92 Å². The second-order valence-electron chi connectivity index (χ2n) is 3.72. The van der Waals surface area contributed by atoms with Crippen molar-refractivity contribution in [3.63, 3.8) is 0 Å². The van der Waals surface area contributed by atoms with Gasteiger partial charge in [-0.2, -0.15) is 0 Å².